The molecule has 4 bridgehead atoms. The van der Waals surface area contributed by atoms with E-state index in [4.69, 9.17) is 4.84 Å². The third kappa shape index (κ3) is 4.88. The van der Waals surface area contributed by atoms with Crippen molar-refractivity contribution in [3.63, 3.8) is 0 Å². The summed E-state index contributed by atoms with van der Waals surface area (Å²) in [5, 5.41) is 13.3. The first-order chi connectivity index (χ1) is 18.5. The molecule has 1 N–H and O–H groups in total. The topological polar surface area (TPSA) is 97.0 Å². The molecule has 6 rings (SSSR count). The van der Waals surface area contributed by atoms with Gasteiger partial charge in [-0.25, -0.2) is 4.98 Å². The van der Waals surface area contributed by atoms with Crippen molar-refractivity contribution in [2.75, 3.05) is 7.11 Å². The Morgan fingerprint density at radius 2 is 1.63 bits per heavy atom. The minimum atomic E-state index is -0.943. The number of hydrogen-bond donors (Lipinski definition) is 1. The Kier molecular flexibility index (Phi) is 7.25. The number of aromatic nitrogens is 2. The maximum atomic E-state index is 14.0. The van der Waals surface area contributed by atoms with Crippen molar-refractivity contribution in [3.8, 4) is 0 Å². The first kappa shape index (κ1) is 25.5. The van der Waals surface area contributed by atoms with E-state index in [1.807, 2.05) is 28.8 Å². The lowest BCUT2D eigenvalue weighted by molar-refractivity contribution is -0.136. The average Bonchev–Trinajstić information content (AvgIpc) is 3.06. The van der Waals surface area contributed by atoms with Crippen molar-refractivity contribution in [3.05, 3.63) is 40.3 Å². The van der Waals surface area contributed by atoms with Gasteiger partial charge in [0.2, 0.25) is 0 Å². The molecule has 0 spiro atoms. The third-order valence-corrected chi connectivity index (χ3v) is 9.75. The van der Waals surface area contributed by atoms with Gasteiger partial charge in [-0.3, -0.25) is 14.5 Å². The van der Waals surface area contributed by atoms with E-state index in [0.29, 0.717) is 23.8 Å². The summed E-state index contributed by atoms with van der Waals surface area (Å²) in [5.41, 5.74) is 1.89. The van der Waals surface area contributed by atoms with Crippen molar-refractivity contribution in [1.82, 2.24) is 14.5 Å². The summed E-state index contributed by atoms with van der Waals surface area (Å²) in [4.78, 5) is 37.9. The number of fused-ring (bicyclic) bond motifs is 5. The van der Waals surface area contributed by atoms with Gasteiger partial charge >= 0.3 is 5.97 Å². The molecule has 38 heavy (non-hydrogen) atoms. The Hall–Kier alpha value is -2.74. The predicted molar refractivity (Wildman–Crippen MR) is 146 cm³/mol. The molecule has 1 aromatic heterocycles. The lowest BCUT2D eigenvalue weighted by atomic mass is 9.76. The molecular formula is C30H40N4O4. The van der Waals surface area contributed by atoms with Gasteiger partial charge < -0.3 is 14.5 Å². The number of nitrogens with zero attached hydrogens (tertiary/aromatic N) is 4. The Labute approximate surface area is 224 Å². The van der Waals surface area contributed by atoms with Gasteiger partial charge in [0.1, 0.15) is 12.8 Å². The third-order valence-electron chi connectivity index (χ3n) is 9.75. The van der Waals surface area contributed by atoms with Crippen LogP contribution in [-0.2, 0) is 9.63 Å². The van der Waals surface area contributed by atoms with Gasteiger partial charge in [0.25, 0.3) is 5.56 Å². The Balaban J connectivity index is 1.32. The van der Waals surface area contributed by atoms with Crippen LogP contribution in [0.15, 0.2) is 34.2 Å². The zero-order chi connectivity index (χ0) is 26.2. The summed E-state index contributed by atoms with van der Waals surface area (Å²) >= 11 is 0. The van der Waals surface area contributed by atoms with Crippen LogP contribution in [0.2, 0.25) is 0 Å². The number of carboxylic acids is 1. The van der Waals surface area contributed by atoms with Crippen LogP contribution >= 0.6 is 0 Å². The maximum Gasteiger partial charge on any atom is 0.303 e. The number of aliphatic carboxylic acids is 1. The highest BCUT2D eigenvalue weighted by Gasteiger charge is 2.47. The van der Waals surface area contributed by atoms with E-state index in [1.165, 1.54) is 64.9 Å². The van der Waals surface area contributed by atoms with E-state index in [9.17, 15) is 14.7 Å². The summed E-state index contributed by atoms with van der Waals surface area (Å²) in [6, 6.07) is 9.62. The molecule has 5 atom stereocenters. The van der Waals surface area contributed by atoms with E-state index in [1.54, 1.807) is 0 Å². The van der Waals surface area contributed by atoms with Gasteiger partial charge in [-0.1, -0.05) is 43.0 Å². The van der Waals surface area contributed by atoms with Crippen molar-refractivity contribution < 1.29 is 14.7 Å². The van der Waals surface area contributed by atoms with E-state index in [-0.39, 0.29) is 30.1 Å². The smallest absolute Gasteiger partial charge is 0.303 e. The normalized spacial score (nSPS) is 31.8. The maximum absolute atomic E-state index is 14.0. The molecule has 3 heterocycles. The Morgan fingerprint density at radius 3 is 2.29 bits per heavy atom. The van der Waals surface area contributed by atoms with Crippen LogP contribution in [0.1, 0.15) is 95.2 Å². The molecule has 4 fully saturated rings. The second kappa shape index (κ2) is 10.8. The largest absolute Gasteiger partial charge is 0.481 e. The molecule has 204 valence electrons. The number of piperidine rings is 1. The zero-order valence-corrected chi connectivity index (χ0v) is 22.4. The fourth-order valence-corrected chi connectivity index (χ4v) is 8.35. The van der Waals surface area contributed by atoms with Crippen molar-refractivity contribution >= 4 is 22.7 Å². The number of rotatable bonds is 7. The van der Waals surface area contributed by atoms with Crippen molar-refractivity contribution in [2.45, 2.75) is 108 Å². The van der Waals surface area contributed by atoms with Crippen LogP contribution in [-0.4, -0.2) is 56.5 Å². The van der Waals surface area contributed by atoms with E-state index in [2.05, 4.69) is 15.0 Å². The minimum absolute atomic E-state index is 0.0945. The van der Waals surface area contributed by atoms with Crippen LogP contribution in [0, 0.1) is 11.8 Å². The summed E-state index contributed by atoms with van der Waals surface area (Å²) in [7, 11) is 1.41. The highest BCUT2D eigenvalue weighted by Crippen LogP contribution is 2.47. The Bertz CT molecular complexity index is 1240. The molecule has 1 aromatic carbocycles. The van der Waals surface area contributed by atoms with Crippen molar-refractivity contribution in [1.29, 1.82) is 0 Å². The summed E-state index contributed by atoms with van der Waals surface area (Å²) < 4.78 is 1.95. The lowest BCUT2D eigenvalue weighted by Gasteiger charge is -2.48. The number of hydrogen-bond acceptors (Lipinski definition) is 6. The fraction of sp³-hybridized carbons (Fsp3) is 0.667. The Morgan fingerprint density at radius 1 is 0.947 bits per heavy atom. The van der Waals surface area contributed by atoms with Gasteiger partial charge in [-0.15, -0.1) is 0 Å². The zero-order valence-electron chi connectivity index (χ0n) is 22.4. The molecular weight excluding hydrogens is 480 g/mol. The standard InChI is InChI=1S/C30H40N4O4/c1-38-32-26(12-13-28(35)36)29-30(37)34(27-9-5-4-8-25(27)31-29)24-17-21-10-11-22(18-24)33(21)23-15-19-6-2-3-7-20(14-19)16-23/h4-5,8-9,19-24H,2-3,6-7,10-18H2,1H3,(H,35,36)/t19?,20?,21-,22+,23?,24+. The van der Waals surface area contributed by atoms with Crippen LogP contribution in [0.5, 0.6) is 0 Å². The molecule has 2 unspecified atom stereocenters. The molecule has 0 radical (unpaired) electrons. The molecule has 4 aliphatic rings. The van der Waals surface area contributed by atoms with Gasteiger partial charge in [0.05, 0.1) is 17.5 Å². The van der Waals surface area contributed by atoms with Crippen LogP contribution in [0.4, 0.5) is 0 Å². The fourth-order valence-electron chi connectivity index (χ4n) is 8.35. The second-order valence-electron chi connectivity index (χ2n) is 12.1. The van der Waals surface area contributed by atoms with E-state index >= 15 is 0 Å². The molecule has 2 aliphatic heterocycles. The average molecular weight is 521 g/mol. The van der Waals surface area contributed by atoms with Crippen molar-refractivity contribution in [2.24, 2.45) is 17.0 Å². The summed E-state index contributed by atoms with van der Waals surface area (Å²) in [5.74, 6) is 0.857. The number of carboxylic acid groups (broad SMARTS) is 1. The molecule has 2 saturated carbocycles. The van der Waals surface area contributed by atoms with Crippen LogP contribution in [0.3, 0.4) is 0 Å². The minimum Gasteiger partial charge on any atom is -0.481 e. The first-order valence-electron chi connectivity index (χ1n) is 14.6. The monoisotopic (exact) mass is 520 g/mol. The lowest BCUT2D eigenvalue weighted by Crippen LogP contribution is -2.52. The first-order valence-corrected chi connectivity index (χ1v) is 14.6. The van der Waals surface area contributed by atoms with Crippen LogP contribution in [0.25, 0.3) is 11.0 Å². The number of carbonyl (C=O) groups is 1. The molecule has 2 saturated heterocycles. The van der Waals surface area contributed by atoms with Gasteiger partial charge in [-0.05, 0) is 68.9 Å². The van der Waals surface area contributed by atoms with E-state index < -0.39 is 5.97 Å². The highest BCUT2D eigenvalue weighted by molar-refractivity contribution is 6.00. The second-order valence-corrected chi connectivity index (χ2v) is 12.1. The highest BCUT2D eigenvalue weighted by atomic mass is 16.6. The number of para-hydroxylation sites is 2. The molecule has 8 heteroatoms. The molecule has 2 aliphatic carbocycles. The molecule has 8 nitrogen and oxygen atoms in total. The summed E-state index contributed by atoms with van der Waals surface area (Å²) in [6.45, 7) is 0. The summed E-state index contributed by atoms with van der Waals surface area (Å²) in [6.07, 6.45) is 14.1. The molecule has 2 aromatic rings. The van der Waals surface area contributed by atoms with E-state index in [0.717, 1.165) is 35.7 Å². The number of oxime groups is 1. The predicted octanol–water partition coefficient (Wildman–Crippen LogP) is 5.14. The molecule has 0 amide bonds. The van der Waals surface area contributed by atoms with Gasteiger partial charge in [0.15, 0.2) is 5.69 Å². The van der Waals surface area contributed by atoms with Crippen LogP contribution < -0.4 is 5.56 Å². The number of benzene rings is 1. The SMILES string of the molecule is CON=C(CCC(=O)O)c1nc2ccccc2n([C@H]2C[C@H]3CC[C@@H](C2)N3C2CC3CCCCC(C3)C2)c1=O. The quantitative estimate of drug-likeness (QED) is 0.401. The van der Waals surface area contributed by atoms with Gasteiger partial charge in [0, 0.05) is 30.6 Å². The van der Waals surface area contributed by atoms with Gasteiger partial charge in [-0.2, -0.15) is 0 Å².